The van der Waals surface area contributed by atoms with Crippen molar-refractivity contribution < 1.29 is 60.5 Å². The van der Waals surface area contributed by atoms with Crippen LogP contribution in [0.2, 0.25) is 25.1 Å². The van der Waals surface area contributed by atoms with Crippen LogP contribution in [0.15, 0.2) is 273 Å². The van der Waals surface area contributed by atoms with E-state index in [0.717, 1.165) is 191 Å². The van der Waals surface area contributed by atoms with Crippen molar-refractivity contribution in [2.75, 3.05) is 11.5 Å². The molecule has 139 heavy (non-hydrogen) atoms. The van der Waals surface area contributed by atoms with Crippen molar-refractivity contribution in [1.82, 2.24) is 43.4 Å². The number of carbonyl (C=O) groups is 4. The van der Waals surface area contributed by atoms with E-state index in [1.807, 2.05) is 203 Å². The Morgan fingerprint density at radius 2 is 0.748 bits per heavy atom. The van der Waals surface area contributed by atoms with Crippen LogP contribution in [0.25, 0.3) is 99.5 Å². The van der Waals surface area contributed by atoms with Gasteiger partial charge in [0.05, 0.1) is 43.2 Å². The first-order valence-electron chi connectivity index (χ1n) is 43.7. The van der Waals surface area contributed by atoms with Gasteiger partial charge in [0.25, 0.3) is 36.0 Å². The molecule has 7 aromatic heterocycles. The molecule has 10 aromatic carbocycles. The van der Waals surface area contributed by atoms with Crippen molar-refractivity contribution in [3.8, 4) is 45.0 Å². The number of aromatic carboxylic acids is 1. The number of nitrogens with zero attached hydrogens (tertiary/aromatic N) is 9. The molecule has 7 N–H and O–H groups in total. The van der Waals surface area contributed by atoms with Gasteiger partial charge < -0.3 is 50.0 Å². The van der Waals surface area contributed by atoms with Crippen LogP contribution in [0, 0.1) is 23.8 Å². The van der Waals surface area contributed by atoms with Gasteiger partial charge in [-0.3, -0.25) is 44.6 Å². The third-order valence-corrected chi connectivity index (χ3v) is 25.1. The fraction of sp³-hybridized carbons (Fsp3) is 0.200. The highest BCUT2D eigenvalue weighted by molar-refractivity contribution is 14.1. The summed E-state index contributed by atoms with van der Waals surface area (Å²) >= 11 is 33.2. The van der Waals surface area contributed by atoms with Crippen molar-refractivity contribution in [2.24, 2.45) is 0 Å². The molecule has 17 rings (SSSR count). The number of nitrogens with one attached hydrogen (secondary N) is 2. The lowest BCUT2D eigenvalue weighted by molar-refractivity contribution is -0.384. The summed E-state index contributed by atoms with van der Waals surface area (Å²) in [4.78, 5) is 75.0. The molecule has 0 atom stereocenters. The van der Waals surface area contributed by atoms with E-state index < -0.39 is 64.7 Å². The van der Waals surface area contributed by atoms with Crippen molar-refractivity contribution in [2.45, 2.75) is 139 Å². The molecule has 34 heteroatoms. The Hall–Kier alpha value is -13.6. The number of pyridine rings is 2. The van der Waals surface area contributed by atoms with Crippen LogP contribution in [-0.4, -0.2) is 82.7 Å². The molecule has 720 valence electrons. The highest BCUT2D eigenvalue weighted by atomic mass is 127. The van der Waals surface area contributed by atoms with Gasteiger partial charge in [-0.25, -0.2) is 31.1 Å². The fourth-order valence-corrected chi connectivity index (χ4v) is 16.8. The van der Waals surface area contributed by atoms with Gasteiger partial charge in [-0.1, -0.05) is 149 Å². The second kappa shape index (κ2) is 47.7. The Morgan fingerprint density at radius 3 is 1.09 bits per heavy atom. The van der Waals surface area contributed by atoms with E-state index in [1.54, 1.807) is 30.3 Å². The summed E-state index contributed by atoms with van der Waals surface area (Å²) in [6.45, 7) is 18.5. The summed E-state index contributed by atoms with van der Waals surface area (Å²) in [5, 5.41) is 43.5. The van der Waals surface area contributed by atoms with Crippen LogP contribution in [0.4, 0.5) is 49.1 Å². The van der Waals surface area contributed by atoms with E-state index >= 15 is 0 Å². The number of anilines is 2. The second-order valence-corrected chi connectivity index (χ2v) is 35.6. The highest BCUT2D eigenvalue weighted by Gasteiger charge is 2.30. The number of rotatable bonds is 23. The monoisotopic (exact) mass is 2100 g/mol. The summed E-state index contributed by atoms with van der Waals surface area (Å²) in [5.74, 6) is -3.83. The van der Waals surface area contributed by atoms with Crippen LogP contribution in [0.3, 0.4) is 0 Å². The first-order valence-corrected chi connectivity index (χ1v) is 46.7. The number of non-ortho nitro benzene ring substituents is 2. The summed E-state index contributed by atoms with van der Waals surface area (Å²) in [6.07, 6.45) is -1.99. The number of alkyl halides is 6. The molecule has 2 amide bonds. The number of benzene rings is 10. The molecule has 0 bridgehead atoms. The van der Waals surface area contributed by atoms with Crippen LogP contribution in [0.5, 0.6) is 0 Å². The van der Waals surface area contributed by atoms with E-state index in [4.69, 9.17) is 74.6 Å². The topological polar surface area (TPSA) is 301 Å². The van der Waals surface area contributed by atoms with Crippen LogP contribution in [-0.2, 0) is 61.8 Å². The Bertz CT molecular complexity index is 7210. The number of fused-ring (bicyclic) bond motifs is 5. The number of amides is 2. The second-order valence-electron chi connectivity index (χ2n) is 32.4. The van der Waals surface area contributed by atoms with Crippen LogP contribution >= 0.6 is 80.6 Å². The minimum Gasteiger partial charge on any atom is -0.478 e. The third kappa shape index (κ3) is 26.5. The smallest absolute Gasteiger partial charge is 0.337 e. The van der Waals surface area contributed by atoms with Gasteiger partial charge in [0.1, 0.15) is 11.4 Å². The number of carboxylic acids is 1. The van der Waals surface area contributed by atoms with Gasteiger partial charge in [-0.2, -0.15) is 0 Å². The zero-order chi connectivity index (χ0) is 101. The first kappa shape index (κ1) is 106. The largest absolute Gasteiger partial charge is 0.478 e. The van der Waals surface area contributed by atoms with Gasteiger partial charge in [-0.15, -0.1) is 0 Å². The van der Waals surface area contributed by atoms with Gasteiger partial charge >= 0.3 is 5.97 Å². The van der Waals surface area contributed by atoms with Crippen molar-refractivity contribution in [1.29, 1.82) is 0 Å². The number of halogens is 12. The normalized spacial score (nSPS) is 11.2. The average Bonchev–Trinajstić information content (AvgIpc) is 1.64. The molecule has 0 fully saturated rings. The van der Waals surface area contributed by atoms with Gasteiger partial charge in [0, 0.05) is 212 Å². The van der Waals surface area contributed by atoms with E-state index in [2.05, 4.69) is 104 Å². The maximum atomic E-state index is 13.8. The molecular weight excluding hydrogens is 2010 g/mol. The molecule has 0 aliphatic carbocycles. The van der Waals surface area contributed by atoms with E-state index in [9.17, 15) is 65.7 Å². The zero-order valence-corrected chi connectivity index (χ0v) is 82.7. The molecule has 0 saturated carbocycles. The molecule has 0 aliphatic heterocycles. The number of carbonyl (C=O) groups excluding carboxylic acids is 3. The van der Waals surface area contributed by atoms with Crippen molar-refractivity contribution in [3.63, 3.8) is 0 Å². The lowest BCUT2D eigenvalue weighted by Crippen LogP contribution is -2.38. The molecule has 7 heterocycles. The first-order chi connectivity index (χ1) is 66.2. The lowest BCUT2D eigenvalue weighted by Gasteiger charge is -2.15. The molecule has 0 saturated heterocycles. The van der Waals surface area contributed by atoms with Crippen LogP contribution < -0.4 is 22.1 Å². The van der Waals surface area contributed by atoms with Gasteiger partial charge in [0.15, 0.2) is 17.1 Å². The summed E-state index contributed by atoms with van der Waals surface area (Å²) < 4.78 is 91.4. The minimum atomic E-state index is -3.02. The average molecular weight is 2100 g/mol. The SMILES string of the molecule is CC(C)(F)C(=O)NCc1cnc(C(F)F)c(C(=O)O)c1.CCn1c(-c2ccccc2Cl)cc2cc(CC(=O)c3cc(CNC(=O)C(C)(C)F)cnc3C(F)F)ccc21.CCn1c(-c2ccccc2Cl)cc2cc(N)ccc21.CCn1c(-c2ccccc2Cl)cc2cc(N)ccc21.CCn1c(-c2ccccc2Cl)cc2cc([N+](=O)[O-])ccc21.CCn1ccc2cc([N+](=O)[O-])ccc21.Clc1ccccc1I. The predicted molar refractivity (Wildman–Crippen MR) is 554 cm³/mol. The molecule has 0 unspecified atom stereocenters. The Labute approximate surface area is 835 Å². The predicted octanol–water partition coefficient (Wildman–Crippen LogP) is 28.7. The number of Topliss-reactive ketones (excluding diaryl/α,β-unsaturated/α-hetero) is 1. The molecule has 0 radical (unpaired) electrons. The fourth-order valence-electron chi connectivity index (χ4n) is 15.4. The van der Waals surface area contributed by atoms with Crippen molar-refractivity contribution >= 4 is 181 Å². The summed E-state index contributed by atoms with van der Waals surface area (Å²) in [6, 6.07) is 78.5. The molecule has 0 spiro atoms. The number of aromatic nitrogens is 7. The number of nitro benzene ring substituents is 2. The highest BCUT2D eigenvalue weighted by Crippen LogP contribution is 2.40. The number of hydrogen-bond acceptors (Lipinski definition) is 12. The van der Waals surface area contributed by atoms with Gasteiger partial charge in [-0.05, 0) is 241 Å². The Morgan fingerprint density at radius 1 is 0.417 bits per heavy atom. The lowest BCUT2D eigenvalue weighted by atomic mass is 9.99. The number of aryl methyl sites for hydroxylation is 5. The zero-order valence-electron chi connectivity index (χ0n) is 76.7. The van der Waals surface area contributed by atoms with E-state index in [0.29, 0.717) is 27.7 Å². The standard InChI is InChI=1S/C29H27ClF3N3O2.C16H13ClN2O2.2C16H15ClN2.C12H13F3N2O3.C10H10N2O2.C6H4ClI/c1-4-36-23-10-9-17(11-19(23)14-24(36)20-7-5-6-8-22(20)30)13-25(37)21-12-18(15-34-26(21)27(31)32)16-35-28(38)29(2,3)33;1-2-18-15-8-7-12(19(20)21)9-11(15)10-16(18)13-5-3-4-6-14(13)17;2*1-2-19-15-8-7-12(18)9-11(15)10-16(19)13-5-3-4-6-14(13)17;1-12(2,15)11(20)17-5-6-3-7(10(18)19)8(9(13)14)16-4-6;1-2-11-6-5-8-7-9(12(13)14)3-4-10(8)11;7-5-3-1-2-4-6(5)8/h5-12,14-15,27H,4,13,16H2,1-3H3,(H,35,38);3-10H,2H2,1H3;2*3-10H,2,18H2,1H3;3-4,9H,5H2,1-2H3,(H,17,20)(H,18,19);3-7H,2H2,1H3;1-4H. The van der Waals surface area contributed by atoms with E-state index in [1.165, 1.54) is 29.2 Å². The van der Waals surface area contributed by atoms with Gasteiger partial charge in [0.2, 0.25) is 0 Å². The maximum absolute atomic E-state index is 13.8. The Kier molecular flexibility index (Phi) is 36.3. The molecule has 17 aromatic rings. The number of carboxylic acid groups (broad SMARTS) is 1. The van der Waals surface area contributed by atoms with E-state index in [-0.39, 0.29) is 51.9 Å². The number of ketones is 1. The summed E-state index contributed by atoms with van der Waals surface area (Å²) in [7, 11) is 0. The minimum absolute atomic E-state index is 0.0986. The Balaban J connectivity index is 0.000000161. The maximum Gasteiger partial charge on any atom is 0.337 e. The molecule has 22 nitrogen and oxygen atoms in total. The number of nitro groups is 2. The molecular formula is C105H97Cl5F6IN13O9. The summed E-state index contributed by atoms with van der Waals surface area (Å²) in [5.41, 5.74) is 21.6. The third-order valence-electron chi connectivity index (χ3n) is 22.2. The van der Waals surface area contributed by atoms with Crippen molar-refractivity contribution in [3.05, 3.63) is 361 Å². The quantitative estimate of drug-likeness (QED) is 0.00995. The number of nitrogens with two attached hydrogens (primary N) is 2. The molecule has 0 aliphatic rings. The van der Waals surface area contributed by atoms with Crippen LogP contribution in [0.1, 0.15) is 124 Å². The number of nitrogen functional groups attached to an aromatic ring is 2. The number of hydrogen-bond donors (Lipinski definition) is 5.